The molecule has 0 radical (unpaired) electrons. The number of amides is 1. The minimum absolute atomic E-state index is 0.0392. The lowest BCUT2D eigenvalue weighted by Gasteiger charge is -2.13. The van der Waals surface area contributed by atoms with Gasteiger partial charge in [-0.25, -0.2) is 4.39 Å². The molecule has 3 nitrogen and oxygen atoms in total. The molecule has 5 heteroatoms. The number of halogens is 1. The molecule has 21 heavy (non-hydrogen) atoms. The molecule has 0 saturated heterocycles. The third-order valence-electron chi connectivity index (χ3n) is 3.20. The molecular weight excluding hydrogens is 287 g/mol. The normalized spacial score (nSPS) is 10.0. The third kappa shape index (κ3) is 3.64. The lowest BCUT2D eigenvalue weighted by atomic mass is 10.1. The van der Waals surface area contributed by atoms with Gasteiger partial charge in [-0.15, -0.1) is 0 Å². The van der Waals surface area contributed by atoms with Crippen LogP contribution in [0.25, 0.3) is 0 Å². The molecule has 0 spiro atoms. The number of rotatable bonds is 2. The van der Waals surface area contributed by atoms with Gasteiger partial charge in [0.1, 0.15) is 5.82 Å². The van der Waals surface area contributed by atoms with Gasteiger partial charge in [-0.05, 0) is 55.4 Å². The average Bonchev–Trinajstić information content (AvgIpc) is 2.44. The van der Waals surface area contributed by atoms with Crippen LogP contribution in [0.15, 0.2) is 42.5 Å². The summed E-state index contributed by atoms with van der Waals surface area (Å²) in [5.74, 6) is -1.15. The van der Waals surface area contributed by atoms with Gasteiger partial charge in [0.2, 0.25) is 0 Å². The van der Waals surface area contributed by atoms with Crippen molar-refractivity contribution in [2.75, 3.05) is 5.32 Å². The molecule has 0 aliphatic heterocycles. The van der Waals surface area contributed by atoms with E-state index >= 15 is 0 Å². The van der Waals surface area contributed by atoms with Crippen LogP contribution < -0.4 is 10.6 Å². The van der Waals surface area contributed by atoms with Crippen LogP contribution in [-0.2, 0) is 0 Å². The average molecular weight is 302 g/mol. The monoisotopic (exact) mass is 302 g/mol. The van der Waals surface area contributed by atoms with Crippen LogP contribution in [-0.4, -0.2) is 11.0 Å². The molecule has 0 atom stereocenters. The first-order chi connectivity index (χ1) is 9.99. The highest BCUT2D eigenvalue weighted by Crippen LogP contribution is 2.17. The van der Waals surface area contributed by atoms with Crippen LogP contribution in [0.3, 0.4) is 0 Å². The van der Waals surface area contributed by atoms with Gasteiger partial charge in [0.15, 0.2) is 5.11 Å². The quantitative estimate of drug-likeness (QED) is 0.833. The highest BCUT2D eigenvalue weighted by Gasteiger charge is 2.12. The van der Waals surface area contributed by atoms with Crippen molar-refractivity contribution < 1.29 is 9.18 Å². The summed E-state index contributed by atoms with van der Waals surface area (Å²) in [7, 11) is 0. The van der Waals surface area contributed by atoms with Gasteiger partial charge in [-0.2, -0.15) is 0 Å². The first kappa shape index (κ1) is 15.1. The number of carbonyl (C=O) groups is 1. The number of hydrogen-bond donors (Lipinski definition) is 2. The molecule has 0 bridgehead atoms. The largest absolute Gasteiger partial charge is 0.332 e. The van der Waals surface area contributed by atoms with E-state index in [-0.39, 0.29) is 10.7 Å². The van der Waals surface area contributed by atoms with Gasteiger partial charge >= 0.3 is 0 Å². The lowest BCUT2D eigenvalue weighted by Crippen LogP contribution is -2.34. The Balaban J connectivity index is 2.07. The molecule has 0 fully saturated rings. The number of aryl methyl sites for hydroxylation is 1. The summed E-state index contributed by atoms with van der Waals surface area (Å²) in [4.78, 5) is 11.9. The predicted octanol–water partition coefficient (Wildman–Crippen LogP) is 3.57. The van der Waals surface area contributed by atoms with E-state index in [1.54, 1.807) is 6.07 Å². The first-order valence-corrected chi connectivity index (χ1v) is 6.83. The van der Waals surface area contributed by atoms with E-state index in [0.717, 1.165) is 16.8 Å². The highest BCUT2D eigenvalue weighted by molar-refractivity contribution is 7.80. The van der Waals surface area contributed by atoms with Crippen LogP contribution in [0, 0.1) is 19.7 Å². The molecule has 0 aliphatic rings. The molecule has 108 valence electrons. The van der Waals surface area contributed by atoms with E-state index in [2.05, 4.69) is 10.6 Å². The standard InChI is InChI=1S/C16H15FN2OS/c1-10-6-5-9-14(11(10)2)18-16(21)19-15(20)12-7-3-4-8-13(12)17/h3-9H,1-2H3,(H2,18,19,20,21). The molecule has 2 aromatic carbocycles. The summed E-state index contributed by atoms with van der Waals surface area (Å²) < 4.78 is 13.5. The molecule has 0 saturated carbocycles. The van der Waals surface area contributed by atoms with Gasteiger partial charge in [0.05, 0.1) is 5.56 Å². The van der Waals surface area contributed by atoms with Crippen molar-refractivity contribution in [3.05, 3.63) is 65.0 Å². The summed E-state index contributed by atoms with van der Waals surface area (Å²) >= 11 is 5.09. The zero-order valence-electron chi connectivity index (χ0n) is 11.7. The lowest BCUT2D eigenvalue weighted by molar-refractivity contribution is 0.0974. The summed E-state index contributed by atoms with van der Waals surface area (Å²) in [6.45, 7) is 3.94. The fourth-order valence-electron chi connectivity index (χ4n) is 1.86. The summed E-state index contributed by atoms with van der Waals surface area (Å²) in [6, 6.07) is 11.5. The zero-order valence-corrected chi connectivity index (χ0v) is 12.6. The molecule has 0 aliphatic carbocycles. The van der Waals surface area contributed by atoms with Crippen molar-refractivity contribution in [1.82, 2.24) is 5.32 Å². The van der Waals surface area contributed by atoms with Crippen LogP contribution in [0.5, 0.6) is 0 Å². The summed E-state index contributed by atoms with van der Waals surface area (Å²) in [6.07, 6.45) is 0. The van der Waals surface area contributed by atoms with Crippen molar-refractivity contribution in [3.8, 4) is 0 Å². The fourth-order valence-corrected chi connectivity index (χ4v) is 2.06. The Labute approximate surface area is 128 Å². The second-order valence-corrected chi connectivity index (χ2v) is 5.04. The second-order valence-electron chi connectivity index (χ2n) is 4.64. The van der Waals surface area contributed by atoms with Crippen LogP contribution in [0.2, 0.25) is 0 Å². The van der Waals surface area contributed by atoms with Gasteiger partial charge in [0, 0.05) is 5.69 Å². The second kappa shape index (κ2) is 6.45. The van der Waals surface area contributed by atoms with E-state index in [4.69, 9.17) is 12.2 Å². The molecule has 0 heterocycles. The van der Waals surface area contributed by atoms with Gasteiger partial charge in [0.25, 0.3) is 5.91 Å². The van der Waals surface area contributed by atoms with Crippen molar-refractivity contribution in [3.63, 3.8) is 0 Å². The van der Waals surface area contributed by atoms with Crippen LogP contribution >= 0.6 is 12.2 Å². The number of anilines is 1. The Morgan fingerprint density at radius 2 is 1.81 bits per heavy atom. The maximum atomic E-state index is 13.5. The van der Waals surface area contributed by atoms with Crippen molar-refractivity contribution >= 4 is 28.9 Å². The predicted molar refractivity (Wildman–Crippen MR) is 86.0 cm³/mol. The Kier molecular flexibility index (Phi) is 4.65. The Bertz CT molecular complexity index is 700. The Hall–Kier alpha value is -2.27. The van der Waals surface area contributed by atoms with Gasteiger partial charge < -0.3 is 5.32 Å². The van der Waals surface area contributed by atoms with E-state index < -0.39 is 11.7 Å². The maximum Gasteiger partial charge on any atom is 0.260 e. The minimum Gasteiger partial charge on any atom is -0.332 e. The molecule has 0 unspecified atom stereocenters. The van der Waals surface area contributed by atoms with E-state index in [9.17, 15) is 9.18 Å². The summed E-state index contributed by atoms with van der Waals surface area (Å²) in [5.41, 5.74) is 2.93. The smallest absolute Gasteiger partial charge is 0.260 e. The SMILES string of the molecule is Cc1cccc(NC(=S)NC(=O)c2ccccc2F)c1C. The number of nitrogens with one attached hydrogen (secondary N) is 2. The molecule has 1 amide bonds. The third-order valence-corrected chi connectivity index (χ3v) is 3.40. The maximum absolute atomic E-state index is 13.5. The number of carbonyl (C=O) groups excluding carboxylic acids is 1. The first-order valence-electron chi connectivity index (χ1n) is 6.42. The van der Waals surface area contributed by atoms with Crippen molar-refractivity contribution in [2.45, 2.75) is 13.8 Å². The van der Waals surface area contributed by atoms with E-state index in [0.29, 0.717) is 0 Å². The van der Waals surface area contributed by atoms with Gasteiger partial charge in [-0.3, -0.25) is 10.1 Å². The summed E-state index contributed by atoms with van der Waals surface area (Å²) in [5, 5.41) is 5.56. The minimum atomic E-state index is -0.579. The van der Waals surface area contributed by atoms with Crippen LogP contribution in [0.1, 0.15) is 21.5 Å². The topological polar surface area (TPSA) is 41.1 Å². The molecular formula is C16H15FN2OS. The number of thiocarbonyl (C=S) groups is 1. The fraction of sp³-hybridized carbons (Fsp3) is 0.125. The number of benzene rings is 2. The van der Waals surface area contributed by atoms with Crippen molar-refractivity contribution in [1.29, 1.82) is 0 Å². The Morgan fingerprint density at radius 1 is 1.10 bits per heavy atom. The van der Waals surface area contributed by atoms with Crippen LogP contribution in [0.4, 0.5) is 10.1 Å². The molecule has 2 N–H and O–H groups in total. The van der Waals surface area contributed by atoms with E-state index in [1.807, 2.05) is 32.0 Å². The number of hydrogen-bond acceptors (Lipinski definition) is 2. The zero-order chi connectivity index (χ0) is 15.4. The molecule has 2 rings (SSSR count). The highest BCUT2D eigenvalue weighted by atomic mass is 32.1. The van der Waals surface area contributed by atoms with Crippen molar-refractivity contribution in [2.24, 2.45) is 0 Å². The Morgan fingerprint density at radius 3 is 2.52 bits per heavy atom. The van der Waals surface area contributed by atoms with Gasteiger partial charge in [-0.1, -0.05) is 24.3 Å². The molecule has 2 aromatic rings. The molecule has 0 aromatic heterocycles. The van der Waals surface area contributed by atoms with E-state index in [1.165, 1.54) is 18.2 Å².